The number of hydrogen-bond acceptors (Lipinski definition) is 3. The second kappa shape index (κ2) is 7.51. The van der Waals surface area contributed by atoms with Gasteiger partial charge in [-0.2, -0.15) is 0 Å². The summed E-state index contributed by atoms with van der Waals surface area (Å²) in [5.41, 5.74) is 2.23. The zero-order chi connectivity index (χ0) is 18.6. The van der Waals surface area contributed by atoms with Gasteiger partial charge in [0.05, 0.1) is 5.56 Å². The topological polar surface area (TPSA) is 46.6 Å². The molecule has 0 aliphatic rings. The highest BCUT2D eigenvalue weighted by Gasteiger charge is 2.27. The summed E-state index contributed by atoms with van der Waals surface area (Å²) in [5, 5.41) is 0. The molecule has 0 spiro atoms. The van der Waals surface area contributed by atoms with Crippen molar-refractivity contribution in [3.63, 3.8) is 0 Å². The van der Waals surface area contributed by atoms with Crippen molar-refractivity contribution in [1.29, 1.82) is 0 Å². The maximum atomic E-state index is 12.5. The second-order valence-corrected chi connectivity index (χ2v) is 7.26. The molecule has 0 saturated heterocycles. The van der Waals surface area contributed by atoms with Crippen LogP contribution in [0.25, 0.3) is 0 Å². The van der Waals surface area contributed by atoms with Gasteiger partial charge in [-0.05, 0) is 23.1 Å². The van der Waals surface area contributed by atoms with Gasteiger partial charge in [0.15, 0.2) is 0 Å². The van der Waals surface area contributed by atoms with Gasteiger partial charge in [0, 0.05) is 19.7 Å². The Bertz CT molecular complexity index is 728. The molecule has 0 aliphatic heterocycles. The summed E-state index contributed by atoms with van der Waals surface area (Å²) in [5.74, 6) is -0.782. The minimum atomic E-state index is -0.953. The summed E-state index contributed by atoms with van der Waals surface area (Å²) >= 11 is 0. The lowest BCUT2D eigenvalue weighted by molar-refractivity contribution is -0.138. The van der Waals surface area contributed by atoms with Crippen LogP contribution < -0.4 is 0 Å². The molecule has 0 bridgehead atoms. The van der Waals surface area contributed by atoms with Gasteiger partial charge in [0.25, 0.3) is 5.91 Å². The number of amides is 1. The van der Waals surface area contributed by atoms with Crippen LogP contribution in [0.4, 0.5) is 0 Å². The predicted molar refractivity (Wildman–Crippen MR) is 98.4 cm³/mol. The molecule has 25 heavy (non-hydrogen) atoms. The molecule has 2 aromatic carbocycles. The minimum absolute atomic E-state index is 0.00982. The Kier molecular flexibility index (Phi) is 5.62. The van der Waals surface area contributed by atoms with Crippen molar-refractivity contribution in [1.82, 2.24) is 4.90 Å². The van der Waals surface area contributed by atoms with Crippen molar-refractivity contribution in [2.24, 2.45) is 0 Å². The largest absolute Gasteiger partial charge is 0.444 e. The number of carbonyl (C=O) groups is 2. The SMILES string of the molecule is CN(C)C(=O)[C@H](OC(=O)c1ccc(C(C)(C)C)cc1)c1ccccc1. The van der Waals surface area contributed by atoms with E-state index in [0.29, 0.717) is 11.1 Å². The Labute approximate surface area is 149 Å². The van der Waals surface area contributed by atoms with Crippen LogP contribution >= 0.6 is 0 Å². The number of esters is 1. The summed E-state index contributed by atoms with van der Waals surface area (Å²) in [6, 6.07) is 16.4. The van der Waals surface area contributed by atoms with E-state index in [-0.39, 0.29) is 11.3 Å². The normalized spacial score (nSPS) is 12.4. The Hall–Kier alpha value is -2.62. The fourth-order valence-electron chi connectivity index (χ4n) is 2.40. The first kappa shape index (κ1) is 18.7. The molecule has 0 radical (unpaired) electrons. The van der Waals surface area contributed by atoms with Crippen molar-refractivity contribution < 1.29 is 14.3 Å². The highest BCUT2D eigenvalue weighted by molar-refractivity contribution is 5.92. The van der Waals surface area contributed by atoms with E-state index in [1.54, 1.807) is 38.4 Å². The van der Waals surface area contributed by atoms with Gasteiger partial charge in [-0.1, -0.05) is 63.2 Å². The van der Waals surface area contributed by atoms with Gasteiger partial charge < -0.3 is 9.64 Å². The summed E-state index contributed by atoms with van der Waals surface area (Å²) in [6.45, 7) is 6.34. The second-order valence-electron chi connectivity index (χ2n) is 7.26. The number of likely N-dealkylation sites (N-methyl/N-ethyl adjacent to an activating group) is 1. The van der Waals surface area contributed by atoms with Crippen LogP contribution in [-0.2, 0) is 14.9 Å². The number of benzene rings is 2. The summed E-state index contributed by atoms with van der Waals surface area (Å²) in [6.07, 6.45) is -0.953. The van der Waals surface area contributed by atoms with Crippen LogP contribution in [0.3, 0.4) is 0 Å². The van der Waals surface area contributed by atoms with Gasteiger partial charge in [-0.25, -0.2) is 4.79 Å². The molecule has 132 valence electrons. The number of ether oxygens (including phenoxy) is 1. The molecule has 4 nitrogen and oxygen atoms in total. The van der Waals surface area contributed by atoms with E-state index in [1.165, 1.54) is 4.90 Å². The Morgan fingerprint density at radius 3 is 1.96 bits per heavy atom. The van der Waals surface area contributed by atoms with Crippen molar-refractivity contribution in [2.75, 3.05) is 14.1 Å². The van der Waals surface area contributed by atoms with Crippen LogP contribution in [0.15, 0.2) is 54.6 Å². The molecule has 0 unspecified atom stereocenters. The fraction of sp³-hybridized carbons (Fsp3) is 0.333. The van der Waals surface area contributed by atoms with Crippen molar-refractivity contribution in [2.45, 2.75) is 32.3 Å². The maximum Gasteiger partial charge on any atom is 0.339 e. The van der Waals surface area contributed by atoms with Crippen molar-refractivity contribution >= 4 is 11.9 Å². The van der Waals surface area contributed by atoms with E-state index in [0.717, 1.165) is 5.56 Å². The van der Waals surface area contributed by atoms with E-state index in [4.69, 9.17) is 4.74 Å². The lowest BCUT2D eigenvalue weighted by atomic mass is 9.87. The standard InChI is InChI=1S/C21H25NO3/c1-21(2,3)17-13-11-16(12-14-17)20(24)25-18(19(23)22(4)5)15-9-7-6-8-10-15/h6-14,18H,1-5H3/t18-/m1/s1. The summed E-state index contributed by atoms with van der Waals surface area (Å²) < 4.78 is 5.54. The average Bonchev–Trinajstić information content (AvgIpc) is 2.59. The number of nitrogens with zero attached hydrogens (tertiary/aromatic N) is 1. The van der Waals surface area contributed by atoms with E-state index < -0.39 is 12.1 Å². The van der Waals surface area contributed by atoms with E-state index >= 15 is 0 Å². The Morgan fingerprint density at radius 1 is 0.920 bits per heavy atom. The first-order chi connectivity index (χ1) is 11.7. The molecule has 0 N–H and O–H groups in total. The quantitative estimate of drug-likeness (QED) is 0.792. The lowest BCUT2D eigenvalue weighted by Gasteiger charge is -2.22. The van der Waals surface area contributed by atoms with Gasteiger partial charge in [0.1, 0.15) is 0 Å². The van der Waals surface area contributed by atoms with Gasteiger partial charge >= 0.3 is 5.97 Å². The molecule has 0 saturated carbocycles. The number of carbonyl (C=O) groups excluding carboxylic acids is 2. The molecule has 1 atom stereocenters. The molecule has 2 rings (SSSR count). The third-order valence-corrected chi connectivity index (χ3v) is 3.98. The maximum absolute atomic E-state index is 12.5. The predicted octanol–water partition coefficient (Wildman–Crippen LogP) is 3.97. The summed E-state index contributed by atoms with van der Waals surface area (Å²) in [4.78, 5) is 26.4. The monoisotopic (exact) mass is 339 g/mol. The number of rotatable bonds is 4. The smallest absolute Gasteiger partial charge is 0.339 e. The zero-order valence-corrected chi connectivity index (χ0v) is 15.4. The van der Waals surface area contributed by atoms with E-state index in [2.05, 4.69) is 20.8 Å². The average molecular weight is 339 g/mol. The van der Waals surface area contributed by atoms with Crippen molar-refractivity contribution in [3.8, 4) is 0 Å². The van der Waals surface area contributed by atoms with Crippen LogP contribution in [0.2, 0.25) is 0 Å². The molecule has 1 amide bonds. The van der Waals surface area contributed by atoms with E-state index in [1.807, 2.05) is 30.3 Å². The van der Waals surface area contributed by atoms with Crippen LogP contribution in [0, 0.1) is 0 Å². The highest BCUT2D eigenvalue weighted by Crippen LogP contribution is 2.24. The van der Waals surface area contributed by atoms with Gasteiger partial charge in [-0.3, -0.25) is 4.79 Å². The minimum Gasteiger partial charge on any atom is -0.444 e. The lowest BCUT2D eigenvalue weighted by Crippen LogP contribution is -2.31. The van der Waals surface area contributed by atoms with Crippen LogP contribution in [0.1, 0.15) is 48.4 Å². The molecule has 0 aromatic heterocycles. The summed E-state index contributed by atoms with van der Waals surface area (Å²) in [7, 11) is 3.29. The first-order valence-electron chi connectivity index (χ1n) is 8.28. The molecular formula is C21H25NO3. The van der Waals surface area contributed by atoms with Gasteiger partial charge in [-0.15, -0.1) is 0 Å². The van der Waals surface area contributed by atoms with Crippen LogP contribution in [-0.4, -0.2) is 30.9 Å². The third-order valence-electron chi connectivity index (χ3n) is 3.98. The molecule has 2 aromatic rings. The highest BCUT2D eigenvalue weighted by atomic mass is 16.5. The van der Waals surface area contributed by atoms with Crippen molar-refractivity contribution in [3.05, 3.63) is 71.3 Å². The van der Waals surface area contributed by atoms with Gasteiger partial charge in [0.2, 0.25) is 6.10 Å². The number of hydrogen-bond donors (Lipinski definition) is 0. The van der Waals surface area contributed by atoms with Crippen LogP contribution in [0.5, 0.6) is 0 Å². The molecule has 0 aliphatic carbocycles. The third kappa shape index (κ3) is 4.69. The Morgan fingerprint density at radius 2 is 1.48 bits per heavy atom. The molecule has 0 fully saturated rings. The first-order valence-corrected chi connectivity index (χ1v) is 8.28. The molecule has 4 heteroatoms. The Balaban J connectivity index is 2.24. The zero-order valence-electron chi connectivity index (χ0n) is 15.4. The molecular weight excluding hydrogens is 314 g/mol. The fourth-order valence-corrected chi connectivity index (χ4v) is 2.40. The molecule has 0 heterocycles. The van der Waals surface area contributed by atoms with E-state index in [9.17, 15) is 9.59 Å².